The van der Waals surface area contributed by atoms with Crippen molar-refractivity contribution in [2.45, 2.75) is 201 Å². The minimum Gasteiger partial charge on any atom is -0.351 e. The molecular formula is C40H84N4O4. The molecule has 0 radical (unpaired) electrons. The van der Waals surface area contributed by atoms with Gasteiger partial charge in [-0.05, 0) is 93.9 Å². The lowest BCUT2D eigenvalue weighted by Gasteiger charge is -2.36. The first-order valence-electron chi connectivity index (χ1n) is 17.5. The summed E-state index contributed by atoms with van der Waals surface area (Å²) in [6.07, 6.45) is 1.20. The molecule has 0 aliphatic carbocycles. The third kappa shape index (κ3) is 32.4. The Kier molecular flexibility index (Phi) is 20.6. The van der Waals surface area contributed by atoms with Gasteiger partial charge in [-0.1, -0.05) is 83.1 Å². The Morgan fingerprint density at radius 1 is 0.438 bits per heavy atom. The van der Waals surface area contributed by atoms with Crippen molar-refractivity contribution in [1.82, 2.24) is 20.4 Å². The lowest BCUT2D eigenvalue weighted by Crippen LogP contribution is -2.47. The molecule has 0 aromatic heterocycles. The van der Waals surface area contributed by atoms with E-state index in [-0.39, 0.29) is 67.4 Å². The number of carbonyl (C=O) groups is 4. The van der Waals surface area contributed by atoms with Gasteiger partial charge in [0.05, 0.1) is 0 Å². The van der Waals surface area contributed by atoms with E-state index in [1.54, 1.807) is 4.90 Å². The Hall–Kier alpha value is -2.12. The van der Waals surface area contributed by atoms with Crippen LogP contribution < -0.4 is 10.6 Å². The van der Waals surface area contributed by atoms with Gasteiger partial charge in [0.15, 0.2) is 0 Å². The number of nitrogens with one attached hydrogen (secondary N) is 2. The minimum atomic E-state index is -0.284. The Morgan fingerprint density at radius 2 is 0.750 bits per heavy atom. The van der Waals surface area contributed by atoms with Gasteiger partial charge in [0.1, 0.15) is 0 Å². The highest BCUT2D eigenvalue weighted by Crippen LogP contribution is 2.23. The summed E-state index contributed by atoms with van der Waals surface area (Å²) in [5.41, 5.74) is -0.777. The molecule has 0 fully saturated rings. The summed E-state index contributed by atoms with van der Waals surface area (Å²) in [4.78, 5) is 49.8. The first kappa shape index (κ1) is 52.7. The summed E-state index contributed by atoms with van der Waals surface area (Å²) < 4.78 is 0. The highest BCUT2D eigenvalue weighted by atomic mass is 16.2. The molecule has 0 aromatic rings. The third-order valence-corrected chi connectivity index (χ3v) is 6.39. The van der Waals surface area contributed by atoms with Crippen molar-refractivity contribution < 1.29 is 19.2 Å². The number of nitrogens with zero attached hydrogens (tertiary/aromatic N) is 2. The summed E-state index contributed by atoms with van der Waals surface area (Å²) in [6.45, 7) is 48.2. The zero-order chi connectivity index (χ0) is 40.3. The van der Waals surface area contributed by atoms with Gasteiger partial charge in [-0.3, -0.25) is 19.2 Å². The van der Waals surface area contributed by atoms with E-state index in [0.29, 0.717) is 12.8 Å². The van der Waals surface area contributed by atoms with E-state index < -0.39 is 0 Å². The van der Waals surface area contributed by atoms with Crippen molar-refractivity contribution in [2.24, 2.45) is 21.7 Å². The van der Waals surface area contributed by atoms with Crippen LogP contribution >= 0.6 is 0 Å². The summed E-state index contributed by atoms with van der Waals surface area (Å²) >= 11 is 0. The Labute approximate surface area is 299 Å². The molecule has 0 atom stereocenters. The topological polar surface area (TPSA) is 98.8 Å². The molecule has 4 amide bonds. The second-order valence-electron chi connectivity index (χ2n) is 21.6. The zero-order valence-electron chi connectivity index (χ0n) is 36.9. The van der Waals surface area contributed by atoms with Crippen LogP contribution in [0.25, 0.3) is 0 Å². The molecule has 0 saturated heterocycles. The third-order valence-electron chi connectivity index (χ3n) is 6.39. The fraction of sp³-hybridized carbons (Fsp3) is 0.900. The van der Waals surface area contributed by atoms with E-state index in [1.807, 2.05) is 144 Å². The van der Waals surface area contributed by atoms with Gasteiger partial charge in [-0.2, -0.15) is 0 Å². The largest absolute Gasteiger partial charge is 0.351 e. The maximum Gasteiger partial charge on any atom is 0.228 e. The van der Waals surface area contributed by atoms with E-state index in [4.69, 9.17) is 0 Å². The normalized spacial score (nSPS) is 12.9. The molecule has 8 heteroatoms. The van der Waals surface area contributed by atoms with Crippen LogP contribution in [-0.2, 0) is 19.2 Å². The van der Waals surface area contributed by atoms with Crippen molar-refractivity contribution in [1.29, 1.82) is 0 Å². The Balaban J connectivity index is -0.000000269. The fourth-order valence-electron chi connectivity index (χ4n) is 3.23. The van der Waals surface area contributed by atoms with Gasteiger partial charge < -0.3 is 20.4 Å². The molecule has 0 saturated carbocycles. The predicted octanol–water partition coefficient (Wildman–Crippen LogP) is 9.25. The van der Waals surface area contributed by atoms with Crippen molar-refractivity contribution >= 4 is 23.6 Å². The van der Waals surface area contributed by atoms with Crippen LogP contribution in [0.3, 0.4) is 0 Å². The summed E-state index contributed by atoms with van der Waals surface area (Å²) in [7, 11) is 3.72. The lowest BCUT2D eigenvalue weighted by atomic mass is 9.91. The van der Waals surface area contributed by atoms with E-state index >= 15 is 0 Å². The molecule has 0 aromatic carbocycles. The first-order chi connectivity index (χ1) is 20.3. The molecule has 0 rings (SSSR count). The molecule has 2 N–H and O–H groups in total. The van der Waals surface area contributed by atoms with E-state index in [9.17, 15) is 19.2 Å². The average molecular weight is 685 g/mol. The molecule has 288 valence electrons. The number of amides is 4. The van der Waals surface area contributed by atoms with Crippen LogP contribution in [0.1, 0.15) is 179 Å². The summed E-state index contributed by atoms with van der Waals surface area (Å²) in [6, 6.07) is 0. The number of hydrogen-bond donors (Lipinski definition) is 2. The molecule has 48 heavy (non-hydrogen) atoms. The van der Waals surface area contributed by atoms with E-state index in [2.05, 4.69) is 52.2 Å². The smallest absolute Gasteiger partial charge is 0.228 e. The Bertz CT molecular complexity index is 972. The molecule has 0 aliphatic rings. The standard InChI is InChI=1S/C11H23NO.2C10H21NO.C9H19NO/c1-10(2,3)8-9(13)12(7)11(4,5)6;1-9(2,3)8(12)11(7)10(4,5)6;1-9(2,3)7-8(12)11-10(4,5)6;1-8(2,3)7(11)10-9(4,5)6/h8H2,1-7H3;1-7H3;7H2,1-6H3,(H,11,12);1-6H3,(H,10,11). The number of rotatable bonds is 2. The quantitative estimate of drug-likeness (QED) is 0.303. The second kappa shape index (κ2) is 18.8. The van der Waals surface area contributed by atoms with Gasteiger partial charge in [0.2, 0.25) is 23.6 Å². The van der Waals surface area contributed by atoms with Crippen LogP contribution in [0, 0.1) is 21.7 Å². The highest BCUT2D eigenvalue weighted by Gasteiger charge is 2.31. The van der Waals surface area contributed by atoms with Crippen molar-refractivity contribution in [3.05, 3.63) is 0 Å². The molecular weight excluding hydrogens is 600 g/mol. The number of hydrogen-bond acceptors (Lipinski definition) is 4. The molecule has 0 bridgehead atoms. The lowest BCUT2D eigenvalue weighted by molar-refractivity contribution is -0.142. The maximum absolute atomic E-state index is 11.7. The van der Waals surface area contributed by atoms with Crippen LogP contribution in [0.5, 0.6) is 0 Å². The van der Waals surface area contributed by atoms with Crippen LogP contribution in [0.4, 0.5) is 0 Å². The van der Waals surface area contributed by atoms with Crippen LogP contribution in [0.15, 0.2) is 0 Å². The Morgan fingerprint density at radius 3 is 0.917 bits per heavy atom. The first-order valence-corrected chi connectivity index (χ1v) is 17.5. The number of carbonyl (C=O) groups excluding carboxylic acids is 4. The summed E-state index contributed by atoms with van der Waals surface area (Å²) in [5.74, 6) is 0.648. The van der Waals surface area contributed by atoms with Gasteiger partial charge in [-0.15, -0.1) is 0 Å². The van der Waals surface area contributed by atoms with Gasteiger partial charge >= 0.3 is 0 Å². The molecule has 8 nitrogen and oxygen atoms in total. The monoisotopic (exact) mass is 685 g/mol. The fourth-order valence-corrected chi connectivity index (χ4v) is 3.23. The van der Waals surface area contributed by atoms with Crippen molar-refractivity contribution in [2.75, 3.05) is 14.1 Å². The summed E-state index contributed by atoms with van der Waals surface area (Å²) in [5, 5.41) is 5.86. The van der Waals surface area contributed by atoms with Gasteiger partial charge in [0.25, 0.3) is 0 Å². The van der Waals surface area contributed by atoms with E-state index in [0.717, 1.165) is 0 Å². The second-order valence-corrected chi connectivity index (χ2v) is 21.6. The van der Waals surface area contributed by atoms with Gasteiger partial charge in [-0.25, -0.2) is 0 Å². The average Bonchev–Trinajstić information content (AvgIpc) is 2.71. The SMILES string of the molecule is CC(C)(C)CC(=O)NC(C)(C)C.CC(C)(C)NC(=O)C(C)(C)C.CN(C(=O)C(C)(C)C)C(C)(C)C.CN(C(=O)CC(C)(C)C)C(C)(C)C. The minimum absolute atomic E-state index is 0.0671. The predicted molar refractivity (Wildman–Crippen MR) is 208 cm³/mol. The molecule has 0 unspecified atom stereocenters. The molecule has 0 heterocycles. The molecule has 0 spiro atoms. The molecule has 0 aliphatic heterocycles. The van der Waals surface area contributed by atoms with E-state index in [1.165, 1.54) is 0 Å². The van der Waals surface area contributed by atoms with Gasteiger partial charge in [0, 0.05) is 59.9 Å². The van der Waals surface area contributed by atoms with Crippen LogP contribution in [0.2, 0.25) is 0 Å². The maximum atomic E-state index is 11.7. The van der Waals surface area contributed by atoms with Crippen LogP contribution in [-0.4, -0.2) is 69.7 Å². The van der Waals surface area contributed by atoms with Crippen molar-refractivity contribution in [3.63, 3.8) is 0 Å². The highest BCUT2D eigenvalue weighted by molar-refractivity contribution is 5.82. The van der Waals surface area contributed by atoms with Crippen molar-refractivity contribution in [3.8, 4) is 0 Å². The zero-order valence-corrected chi connectivity index (χ0v) is 36.9.